The number of carbonyl (C=O) groups excluding carboxylic acids is 1. The minimum Gasteiger partial charge on any atom is -0.478 e. The van der Waals surface area contributed by atoms with Crippen LogP contribution < -0.4 is 5.32 Å². The number of anilines is 1. The molecule has 0 saturated heterocycles. The molecule has 6 nitrogen and oxygen atoms in total. The highest BCUT2D eigenvalue weighted by Gasteiger charge is 2.17. The number of nitrogens with zero attached hydrogens (tertiary/aromatic N) is 2. The zero-order chi connectivity index (χ0) is 13.8. The van der Waals surface area contributed by atoms with Crippen molar-refractivity contribution < 1.29 is 14.7 Å². The molecule has 0 fully saturated rings. The third-order valence-electron chi connectivity index (χ3n) is 2.22. The number of aromatic nitrogens is 2. The largest absolute Gasteiger partial charge is 0.478 e. The topological polar surface area (TPSA) is 92.2 Å². The number of hydrogen-bond acceptors (Lipinski definition) is 4. The van der Waals surface area contributed by atoms with Crippen LogP contribution in [0.5, 0.6) is 0 Å². The molecule has 19 heavy (non-hydrogen) atoms. The van der Waals surface area contributed by atoms with Crippen LogP contribution in [0.2, 0.25) is 5.02 Å². The number of carbonyl (C=O) groups is 2. The lowest BCUT2D eigenvalue weighted by Gasteiger charge is -2.05. The number of halogens is 1. The first-order valence-corrected chi connectivity index (χ1v) is 5.57. The number of carboxylic acid groups (broad SMARTS) is 1. The minimum absolute atomic E-state index is 0.172. The first kappa shape index (κ1) is 13.0. The molecule has 2 rings (SSSR count). The van der Waals surface area contributed by atoms with E-state index in [1.54, 1.807) is 6.07 Å². The molecule has 0 bridgehead atoms. The molecule has 2 aromatic heterocycles. The van der Waals surface area contributed by atoms with E-state index in [0.717, 1.165) is 0 Å². The van der Waals surface area contributed by atoms with Crippen molar-refractivity contribution in [3.05, 3.63) is 52.9 Å². The van der Waals surface area contributed by atoms with Gasteiger partial charge in [0.15, 0.2) is 0 Å². The van der Waals surface area contributed by atoms with E-state index in [2.05, 4.69) is 15.3 Å². The summed E-state index contributed by atoms with van der Waals surface area (Å²) in [6, 6.07) is 5.81. The van der Waals surface area contributed by atoms with Crippen LogP contribution in [0.3, 0.4) is 0 Å². The lowest BCUT2D eigenvalue weighted by atomic mass is 10.2. The Balaban J connectivity index is 2.25. The van der Waals surface area contributed by atoms with Crippen molar-refractivity contribution >= 4 is 29.3 Å². The van der Waals surface area contributed by atoms with Crippen LogP contribution >= 0.6 is 11.6 Å². The molecule has 96 valence electrons. The summed E-state index contributed by atoms with van der Waals surface area (Å²) >= 11 is 5.67. The monoisotopic (exact) mass is 277 g/mol. The number of nitrogens with one attached hydrogen (secondary N) is 1. The number of aromatic carboxylic acids is 1. The molecule has 0 aliphatic heterocycles. The minimum atomic E-state index is -1.22. The maximum atomic E-state index is 11.9. The number of rotatable bonds is 3. The molecular formula is C12H8ClN3O3. The quantitative estimate of drug-likeness (QED) is 0.896. The van der Waals surface area contributed by atoms with Crippen molar-refractivity contribution in [1.29, 1.82) is 0 Å². The molecule has 1 amide bonds. The van der Waals surface area contributed by atoms with Crippen molar-refractivity contribution in [2.45, 2.75) is 0 Å². The highest BCUT2D eigenvalue weighted by molar-refractivity contribution is 6.30. The third kappa shape index (κ3) is 3.05. The van der Waals surface area contributed by atoms with E-state index in [0.29, 0.717) is 5.02 Å². The molecule has 7 heteroatoms. The molecule has 0 atom stereocenters. The van der Waals surface area contributed by atoms with Crippen LogP contribution in [0.15, 0.2) is 36.7 Å². The van der Waals surface area contributed by atoms with Crippen molar-refractivity contribution in [3.63, 3.8) is 0 Å². The van der Waals surface area contributed by atoms with Crippen LogP contribution in [0.25, 0.3) is 0 Å². The van der Waals surface area contributed by atoms with Crippen LogP contribution in [-0.4, -0.2) is 27.0 Å². The fourth-order valence-corrected chi connectivity index (χ4v) is 1.50. The van der Waals surface area contributed by atoms with Gasteiger partial charge in [-0.25, -0.2) is 9.78 Å². The van der Waals surface area contributed by atoms with E-state index >= 15 is 0 Å². The summed E-state index contributed by atoms with van der Waals surface area (Å²) in [5.74, 6) is -1.61. The SMILES string of the molecule is O=C(O)c1cccnc1C(=O)Nc1ccc(Cl)cn1. The number of hydrogen-bond donors (Lipinski definition) is 2. The van der Waals surface area contributed by atoms with Crippen LogP contribution in [-0.2, 0) is 0 Å². The van der Waals surface area contributed by atoms with Gasteiger partial charge in [0.05, 0.1) is 10.6 Å². The van der Waals surface area contributed by atoms with E-state index in [4.69, 9.17) is 16.7 Å². The second-order valence-corrected chi connectivity index (χ2v) is 3.96. The van der Waals surface area contributed by atoms with Gasteiger partial charge in [0.2, 0.25) is 0 Å². The first-order valence-electron chi connectivity index (χ1n) is 5.19. The maximum absolute atomic E-state index is 11.9. The Bertz CT molecular complexity index is 628. The highest BCUT2D eigenvalue weighted by Crippen LogP contribution is 2.12. The van der Waals surface area contributed by atoms with E-state index in [1.165, 1.54) is 30.6 Å². The third-order valence-corrected chi connectivity index (χ3v) is 2.45. The van der Waals surface area contributed by atoms with E-state index in [-0.39, 0.29) is 17.1 Å². The number of carboxylic acids is 1. The van der Waals surface area contributed by atoms with E-state index in [1.807, 2.05) is 0 Å². The highest BCUT2D eigenvalue weighted by atomic mass is 35.5. The lowest BCUT2D eigenvalue weighted by Crippen LogP contribution is -2.18. The standard InChI is InChI=1S/C12H8ClN3O3/c13-7-3-4-9(15-6-7)16-11(17)10-8(12(18)19)2-1-5-14-10/h1-6H,(H,18,19)(H,15,16,17). The van der Waals surface area contributed by atoms with Crippen LogP contribution in [0, 0.1) is 0 Å². The molecule has 0 aliphatic carbocycles. The van der Waals surface area contributed by atoms with Crippen molar-refractivity contribution in [1.82, 2.24) is 9.97 Å². The van der Waals surface area contributed by atoms with E-state index < -0.39 is 11.9 Å². The zero-order valence-electron chi connectivity index (χ0n) is 9.50. The second kappa shape index (κ2) is 5.45. The number of pyridine rings is 2. The van der Waals surface area contributed by atoms with Crippen LogP contribution in [0.4, 0.5) is 5.82 Å². The van der Waals surface area contributed by atoms with Gasteiger partial charge in [0, 0.05) is 12.4 Å². The van der Waals surface area contributed by atoms with Gasteiger partial charge < -0.3 is 10.4 Å². The Morgan fingerprint density at radius 2 is 2.00 bits per heavy atom. The molecule has 2 N–H and O–H groups in total. The first-order chi connectivity index (χ1) is 9.08. The van der Waals surface area contributed by atoms with Gasteiger partial charge in [-0.3, -0.25) is 9.78 Å². The Morgan fingerprint density at radius 1 is 1.21 bits per heavy atom. The molecule has 0 saturated carbocycles. The van der Waals surface area contributed by atoms with Gasteiger partial charge >= 0.3 is 5.97 Å². The van der Waals surface area contributed by atoms with Crippen molar-refractivity contribution in [2.75, 3.05) is 5.32 Å². The molecule has 0 radical (unpaired) electrons. The maximum Gasteiger partial charge on any atom is 0.338 e. The normalized spacial score (nSPS) is 9.95. The fraction of sp³-hybridized carbons (Fsp3) is 0. The Kier molecular flexibility index (Phi) is 3.72. The van der Waals surface area contributed by atoms with Gasteiger partial charge in [-0.15, -0.1) is 0 Å². The van der Waals surface area contributed by atoms with Gasteiger partial charge in [0.1, 0.15) is 11.5 Å². The van der Waals surface area contributed by atoms with Crippen molar-refractivity contribution in [2.24, 2.45) is 0 Å². The zero-order valence-corrected chi connectivity index (χ0v) is 10.3. The summed E-state index contributed by atoms with van der Waals surface area (Å²) in [4.78, 5) is 30.5. The Hall–Kier alpha value is -2.47. The van der Waals surface area contributed by atoms with Crippen molar-refractivity contribution in [3.8, 4) is 0 Å². The molecule has 2 heterocycles. The predicted octanol–water partition coefficient (Wildman–Crippen LogP) is 2.08. The molecule has 0 aliphatic rings. The lowest BCUT2D eigenvalue weighted by molar-refractivity contribution is 0.0691. The van der Waals surface area contributed by atoms with Gasteiger partial charge in [-0.1, -0.05) is 11.6 Å². The van der Waals surface area contributed by atoms with Gasteiger partial charge in [-0.05, 0) is 24.3 Å². The fourth-order valence-electron chi connectivity index (χ4n) is 1.38. The Labute approximate surface area is 113 Å². The smallest absolute Gasteiger partial charge is 0.338 e. The molecule has 0 aromatic carbocycles. The molecular weight excluding hydrogens is 270 g/mol. The molecule has 2 aromatic rings. The van der Waals surface area contributed by atoms with Gasteiger partial charge in [0.25, 0.3) is 5.91 Å². The molecule has 0 spiro atoms. The van der Waals surface area contributed by atoms with Crippen LogP contribution in [0.1, 0.15) is 20.8 Å². The number of amides is 1. The summed E-state index contributed by atoms with van der Waals surface area (Å²) in [6.45, 7) is 0. The average Bonchev–Trinajstić information content (AvgIpc) is 2.41. The second-order valence-electron chi connectivity index (χ2n) is 3.52. The summed E-state index contributed by atoms with van der Waals surface area (Å²) in [5, 5.41) is 11.8. The summed E-state index contributed by atoms with van der Waals surface area (Å²) in [5.41, 5.74) is -0.347. The Morgan fingerprint density at radius 3 is 2.63 bits per heavy atom. The molecule has 0 unspecified atom stereocenters. The van der Waals surface area contributed by atoms with Gasteiger partial charge in [-0.2, -0.15) is 0 Å². The summed E-state index contributed by atoms with van der Waals surface area (Å²) in [6.07, 6.45) is 2.71. The van der Waals surface area contributed by atoms with E-state index in [9.17, 15) is 9.59 Å². The summed E-state index contributed by atoms with van der Waals surface area (Å²) in [7, 11) is 0. The average molecular weight is 278 g/mol. The predicted molar refractivity (Wildman–Crippen MR) is 68.4 cm³/mol. The summed E-state index contributed by atoms with van der Waals surface area (Å²) < 4.78 is 0.